The molecule has 0 saturated heterocycles. The molecular formula is C13H17FN2O5. The van der Waals surface area contributed by atoms with Crippen molar-refractivity contribution in [3.63, 3.8) is 0 Å². The maximum absolute atomic E-state index is 13.7. The fraction of sp³-hybridized carbons (Fsp3) is 0.462. The van der Waals surface area contributed by atoms with Gasteiger partial charge in [-0.15, -0.1) is 0 Å². The molecule has 0 aromatic heterocycles. The number of benzene rings is 1. The summed E-state index contributed by atoms with van der Waals surface area (Å²) in [5.41, 5.74) is -1.25. The Morgan fingerprint density at radius 2 is 2.19 bits per heavy atom. The lowest BCUT2D eigenvalue weighted by Gasteiger charge is -2.24. The van der Waals surface area contributed by atoms with Gasteiger partial charge in [0.1, 0.15) is 5.54 Å². The van der Waals surface area contributed by atoms with Crippen molar-refractivity contribution in [3.05, 3.63) is 33.6 Å². The Morgan fingerprint density at radius 1 is 1.57 bits per heavy atom. The molecule has 1 rings (SSSR count). The van der Waals surface area contributed by atoms with Crippen molar-refractivity contribution in [3.8, 4) is 5.75 Å². The van der Waals surface area contributed by atoms with Gasteiger partial charge in [-0.05, 0) is 27.0 Å². The van der Waals surface area contributed by atoms with Crippen LogP contribution in [0.15, 0.2) is 12.1 Å². The van der Waals surface area contributed by atoms with Crippen molar-refractivity contribution >= 4 is 11.7 Å². The first-order valence-electron chi connectivity index (χ1n) is 6.21. The Labute approximate surface area is 120 Å². The standard InChI is InChI=1S/C13H17FN2O5/c1-8-6-11(9(14)7-10(8)16(19)20)21-5-4-13(2,15-3)12(17)18/h6-7,15H,4-5H2,1-3H3,(H,17,18). The third-order valence-corrected chi connectivity index (χ3v) is 3.33. The summed E-state index contributed by atoms with van der Waals surface area (Å²) < 4.78 is 18.9. The highest BCUT2D eigenvalue weighted by atomic mass is 19.1. The minimum atomic E-state index is -1.19. The summed E-state index contributed by atoms with van der Waals surface area (Å²) in [5.74, 6) is -2.04. The molecule has 0 heterocycles. The van der Waals surface area contributed by atoms with E-state index in [9.17, 15) is 19.3 Å². The Bertz CT molecular complexity index is 564. The van der Waals surface area contributed by atoms with Crippen molar-refractivity contribution in [2.24, 2.45) is 0 Å². The lowest BCUT2D eigenvalue weighted by atomic mass is 9.99. The number of aryl methyl sites for hydroxylation is 1. The minimum absolute atomic E-state index is 0.0438. The number of rotatable bonds is 7. The molecule has 0 radical (unpaired) electrons. The van der Waals surface area contributed by atoms with Crippen LogP contribution in [0.2, 0.25) is 0 Å². The van der Waals surface area contributed by atoms with Crippen molar-refractivity contribution in [1.82, 2.24) is 5.32 Å². The highest BCUT2D eigenvalue weighted by Crippen LogP contribution is 2.27. The summed E-state index contributed by atoms with van der Waals surface area (Å²) in [6.07, 6.45) is 0.105. The molecule has 1 aromatic rings. The van der Waals surface area contributed by atoms with Gasteiger partial charge in [0.25, 0.3) is 5.69 Å². The number of ether oxygens (including phenoxy) is 1. The van der Waals surface area contributed by atoms with Gasteiger partial charge in [-0.3, -0.25) is 14.9 Å². The van der Waals surface area contributed by atoms with Gasteiger partial charge in [-0.2, -0.15) is 0 Å². The minimum Gasteiger partial charge on any atom is -0.490 e. The first-order valence-corrected chi connectivity index (χ1v) is 6.21. The molecule has 0 aliphatic rings. The first kappa shape index (κ1) is 16.8. The van der Waals surface area contributed by atoms with E-state index in [1.165, 1.54) is 27.0 Å². The third-order valence-electron chi connectivity index (χ3n) is 3.33. The van der Waals surface area contributed by atoms with Crippen LogP contribution in [-0.2, 0) is 4.79 Å². The summed E-state index contributed by atoms with van der Waals surface area (Å²) >= 11 is 0. The van der Waals surface area contributed by atoms with Gasteiger partial charge in [-0.1, -0.05) is 0 Å². The SMILES string of the molecule is CNC(C)(CCOc1cc(C)c([N+](=O)[O-])cc1F)C(=O)O. The van der Waals surface area contributed by atoms with E-state index in [0.717, 1.165) is 6.07 Å². The molecule has 0 fully saturated rings. The van der Waals surface area contributed by atoms with E-state index < -0.39 is 22.2 Å². The van der Waals surface area contributed by atoms with Crippen LogP contribution in [0.1, 0.15) is 18.9 Å². The monoisotopic (exact) mass is 300 g/mol. The molecule has 7 nitrogen and oxygen atoms in total. The topological polar surface area (TPSA) is 102 Å². The average molecular weight is 300 g/mol. The highest BCUT2D eigenvalue weighted by molar-refractivity contribution is 5.78. The van der Waals surface area contributed by atoms with Crippen LogP contribution in [0.3, 0.4) is 0 Å². The fourth-order valence-corrected chi connectivity index (χ4v) is 1.66. The number of carboxylic acids is 1. The quantitative estimate of drug-likeness (QED) is 0.589. The lowest BCUT2D eigenvalue weighted by Crippen LogP contribution is -2.48. The van der Waals surface area contributed by atoms with Gasteiger partial charge in [0.2, 0.25) is 0 Å². The molecular weight excluding hydrogens is 283 g/mol. The number of nitro benzene ring substituents is 1. The van der Waals surface area contributed by atoms with Crippen LogP contribution in [0.25, 0.3) is 0 Å². The third kappa shape index (κ3) is 3.88. The van der Waals surface area contributed by atoms with Gasteiger partial charge in [0.15, 0.2) is 11.6 Å². The van der Waals surface area contributed by atoms with E-state index in [0.29, 0.717) is 0 Å². The second-order valence-corrected chi connectivity index (χ2v) is 4.81. The molecule has 2 N–H and O–H groups in total. The number of hydrogen-bond acceptors (Lipinski definition) is 5. The van der Waals surface area contributed by atoms with Crippen LogP contribution >= 0.6 is 0 Å². The maximum atomic E-state index is 13.7. The zero-order valence-electron chi connectivity index (χ0n) is 12.0. The Kier molecular flexibility index (Phi) is 5.20. The molecule has 1 aromatic carbocycles. The van der Waals surface area contributed by atoms with Gasteiger partial charge >= 0.3 is 5.97 Å². The van der Waals surface area contributed by atoms with Crippen LogP contribution in [0.4, 0.5) is 10.1 Å². The fourth-order valence-electron chi connectivity index (χ4n) is 1.66. The molecule has 0 saturated carbocycles. The second kappa shape index (κ2) is 6.49. The second-order valence-electron chi connectivity index (χ2n) is 4.81. The number of nitrogens with one attached hydrogen (secondary N) is 1. The zero-order valence-corrected chi connectivity index (χ0v) is 12.0. The average Bonchev–Trinajstić information content (AvgIpc) is 2.41. The van der Waals surface area contributed by atoms with E-state index in [2.05, 4.69) is 5.32 Å². The Morgan fingerprint density at radius 3 is 2.67 bits per heavy atom. The largest absolute Gasteiger partial charge is 0.490 e. The van der Waals surface area contributed by atoms with Crippen LogP contribution < -0.4 is 10.1 Å². The summed E-state index contributed by atoms with van der Waals surface area (Å²) in [6.45, 7) is 2.91. The van der Waals surface area contributed by atoms with E-state index in [-0.39, 0.29) is 30.0 Å². The van der Waals surface area contributed by atoms with Gasteiger partial charge in [0.05, 0.1) is 17.6 Å². The number of likely N-dealkylation sites (N-methyl/N-ethyl adjacent to an activating group) is 1. The number of hydrogen-bond donors (Lipinski definition) is 2. The summed E-state index contributed by atoms with van der Waals surface area (Å²) in [5, 5.41) is 22.4. The first-order chi connectivity index (χ1) is 9.71. The van der Waals surface area contributed by atoms with Crippen LogP contribution in [0, 0.1) is 22.9 Å². The normalized spacial score (nSPS) is 13.5. The highest BCUT2D eigenvalue weighted by Gasteiger charge is 2.31. The molecule has 8 heteroatoms. The number of carboxylic acid groups (broad SMARTS) is 1. The van der Waals surface area contributed by atoms with Crippen molar-refractivity contribution in [2.75, 3.05) is 13.7 Å². The van der Waals surface area contributed by atoms with E-state index in [1.807, 2.05) is 0 Å². The van der Waals surface area contributed by atoms with Crippen LogP contribution in [-0.4, -0.2) is 35.2 Å². The maximum Gasteiger partial charge on any atom is 0.323 e. The molecule has 0 amide bonds. The molecule has 0 aliphatic carbocycles. The smallest absolute Gasteiger partial charge is 0.323 e. The summed E-state index contributed by atoms with van der Waals surface area (Å²) in [4.78, 5) is 21.1. The molecule has 116 valence electrons. The predicted octanol–water partition coefficient (Wildman–Crippen LogP) is 1.87. The molecule has 1 unspecified atom stereocenters. The summed E-state index contributed by atoms with van der Waals surface area (Å²) in [7, 11) is 1.50. The number of nitrogens with zero attached hydrogens (tertiary/aromatic N) is 1. The number of nitro groups is 1. The van der Waals surface area contributed by atoms with E-state index in [4.69, 9.17) is 9.84 Å². The van der Waals surface area contributed by atoms with Gasteiger partial charge in [0, 0.05) is 12.0 Å². The van der Waals surface area contributed by atoms with Crippen molar-refractivity contribution < 1.29 is 24.0 Å². The van der Waals surface area contributed by atoms with Crippen LogP contribution in [0.5, 0.6) is 5.75 Å². The number of halogens is 1. The van der Waals surface area contributed by atoms with E-state index >= 15 is 0 Å². The van der Waals surface area contributed by atoms with Gasteiger partial charge < -0.3 is 15.2 Å². The van der Waals surface area contributed by atoms with E-state index in [1.54, 1.807) is 0 Å². The molecule has 0 aliphatic heterocycles. The predicted molar refractivity (Wildman–Crippen MR) is 73.0 cm³/mol. The Hall–Kier alpha value is -2.22. The number of carbonyl (C=O) groups is 1. The molecule has 1 atom stereocenters. The van der Waals surface area contributed by atoms with Crippen molar-refractivity contribution in [2.45, 2.75) is 25.8 Å². The molecule has 0 spiro atoms. The number of aliphatic carboxylic acids is 1. The van der Waals surface area contributed by atoms with Gasteiger partial charge in [-0.25, -0.2) is 4.39 Å². The zero-order chi connectivity index (χ0) is 16.2. The molecule has 0 bridgehead atoms. The lowest BCUT2D eigenvalue weighted by molar-refractivity contribution is -0.385. The molecule has 21 heavy (non-hydrogen) atoms. The van der Waals surface area contributed by atoms with Crippen molar-refractivity contribution in [1.29, 1.82) is 0 Å². The summed E-state index contributed by atoms with van der Waals surface area (Å²) in [6, 6.07) is 2.02. The Balaban J connectivity index is 2.79.